The van der Waals surface area contributed by atoms with Crippen LogP contribution in [0, 0.1) is 0 Å². The highest BCUT2D eigenvalue weighted by Crippen LogP contribution is 2.08. The molecular weight excluding hydrogens is 574 g/mol. The van der Waals surface area contributed by atoms with Gasteiger partial charge in [0.15, 0.2) is 5.78 Å². The molecule has 0 atom stereocenters. The van der Waals surface area contributed by atoms with E-state index in [2.05, 4.69) is 38.2 Å². The summed E-state index contributed by atoms with van der Waals surface area (Å²) in [4.78, 5) is 81.7. The van der Waals surface area contributed by atoms with Gasteiger partial charge in [0.1, 0.15) is 0 Å². The van der Waals surface area contributed by atoms with E-state index in [4.69, 9.17) is 0 Å². The third-order valence-electron chi connectivity index (χ3n) is 6.89. The molecular formula is C34H53N5O6. The Bertz CT molecular complexity index is 1190. The molecule has 1 N–H and O–H groups in total. The maximum Gasteiger partial charge on any atom is 0.249 e. The van der Waals surface area contributed by atoms with Crippen molar-refractivity contribution in [3.63, 3.8) is 0 Å². The molecule has 45 heavy (non-hydrogen) atoms. The zero-order valence-electron chi connectivity index (χ0n) is 28.3. The van der Waals surface area contributed by atoms with Gasteiger partial charge in [0.2, 0.25) is 29.5 Å². The Hall–Kier alpha value is -4.28. The molecule has 0 rings (SSSR count). The third-order valence-corrected chi connectivity index (χ3v) is 6.89. The van der Waals surface area contributed by atoms with Crippen LogP contribution in [0.2, 0.25) is 0 Å². The first-order chi connectivity index (χ1) is 20.9. The minimum absolute atomic E-state index is 0.0716. The first-order valence-corrected chi connectivity index (χ1v) is 15.2. The molecule has 0 bridgehead atoms. The Balaban J connectivity index is 5.70. The fourth-order valence-electron chi connectivity index (χ4n) is 4.16. The number of nitrogens with one attached hydrogen (secondary N) is 1. The van der Waals surface area contributed by atoms with E-state index < -0.39 is 0 Å². The monoisotopic (exact) mass is 627 g/mol. The lowest BCUT2D eigenvalue weighted by molar-refractivity contribution is -0.135. The molecule has 0 saturated heterocycles. The average Bonchev–Trinajstić information content (AvgIpc) is 2.98. The molecule has 0 unspecified atom stereocenters. The Morgan fingerprint density at radius 1 is 0.511 bits per heavy atom. The van der Waals surface area contributed by atoms with Crippen molar-refractivity contribution in [1.29, 1.82) is 0 Å². The van der Waals surface area contributed by atoms with Gasteiger partial charge in [-0.25, -0.2) is 0 Å². The molecule has 0 aromatic heterocycles. The van der Waals surface area contributed by atoms with Gasteiger partial charge in [0, 0.05) is 94.0 Å². The lowest BCUT2D eigenvalue weighted by Crippen LogP contribution is -2.48. The zero-order chi connectivity index (χ0) is 34.9. The number of carbonyl (C=O) groups is 6. The van der Waals surface area contributed by atoms with Crippen LogP contribution in [-0.2, 0) is 28.8 Å². The summed E-state index contributed by atoms with van der Waals surface area (Å²) in [7, 11) is 0. The second-order valence-corrected chi connectivity index (χ2v) is 11.3. The standard InChI is InChI=1S/C34H53N5O6/c1-12-30(41)36(18-20-38(33(44)27(8)9)17-15-35-31(42)25(4)5)19-21-39(34(45)28(10)11)23-22-37(32(43)26(6)7)16-13-14-29(40)24(2)3/h2,4,6,8,10,12-23H2,1,3,5,7,9,11H3,(H,35,42). The number of ketones is 1. The van der Waals surface area contributed by atoms with Crippen LogP contribution in [0.1, 0.15) is 60.8 Å². The van der Waals surface area contributed by atoms with Crippen LogP contribution in [0.25, 0.3) is 0 Å². The van der Waals surface area contributed by atoms with E-state index in [0.717, 1.165) is 0 Å². The number of carbonyl (C=O) groups excluding carboxylic acids is 6. The summed E-state index contributed by atoms with van der Waals surface area (Å²) in [5.41, 5.74) is 1.78. The minimum Gasteiger partial charge on any atom is -0.351 e. The van der Waals surface area contributed by atoms with E-state index in [0.29, 0.717) is 40.8 Å². The largest absolute Gasteiger partial charge is 0.351 e. The van der Waals surface area contributed by atoms with Gasteiger partial charge in [-0.15, -0.1) is 0 Å². The summed E-state index contributed by atoms with van der Waals surface area (Å²) in [5.74, 6) is -1.42. The fraction of sp³-hybridized carbons (Fsp3) is 0.529. The Morgan fingerprint density at radius 3 is 1.24 bits per heavy atom. The number of nitrogens with zero attached hydrogens (tertiary/aromatic N) is 4. The Labute approximate surface area is 269 Å². The van der Waals surface area contributed by atoms with Crippen LogP contribution in [0.5, 0.6) is 0 Å². The molecule has 0 aromatic carbocycles. The summed E-state index contributed by atoms with van der Waals surface area (Å²) in [5, 5.41) is 2.70. The maximum absolute atomic E-state index is 13.1. The average molecular weight is 628 g/mol. The molecule has 0 heterocycles. The summed E-state index contributed by atoms with van der Waals surface area (Å²) >= 11 is 0. The number of amides is 5. The molecule has 0 aliphatic carbocycles. The van der Waals surface area contributed by atoms with Gasteiger partial charge >= 0.3 is 0 Å². The van der Waals surface area contributed by atoms with Crippen LogP contribution in [0.4, 0.5) is 0 Å². The number of hydrogen-bond acceptors (Lipinski definition) is 6. The molecule has 0 saturated carbocycles. The van der Waals surface area contributed by atoms with E-state index in [1.54, 1.807) is 56.2 Å². The van der Waals surface area contributed by atoms with Gasteiger partial charge in [0.05, 0.1) is 0 Å². The molecule has 250 valence electrons. The van der Waals surface area contributed by atoms with Gasteiger partial charge in [-0.3, -0.25) is 28.8 Å². The summed E-state index contributed by atoms with van der Waals surface area (Å²) < 4.78 is 0. The normalized spacial score (nSPS) is 10.3. The van der Waals surface area contributed by atoms with Crippen molar-refractivity contribution < 1.29 is 28.8 Å². The second kappa shape index (κ2) is 20.6. The fourth-order valence-corrected chi connectivity index (χ4v) is 4.16. The maximum atomic E-state index is 13.1. The number of hydrogen-bond donors (Lipinski definition) is 1. The molecule has 0 aliphatic heterocycles. The molecule has 0 spiro atoms. The predicted octanol–water partition coefficient (Wildman–Crippen LogP) is 3.06. The summed E-state index contributed by atoms with van der Waals surface area (Å²) in [6.45, 7) is 30.1. The van der Waals surface area contributed by atoms with E-state index in [1.807, 2.05) is 0 Å². The smallest absolute Gasteiger partial charge is 0.249 e. The van der Waals surface area contributed by atoms with Crippen molar-refractivity contribution in [2.45, 2.75) is 60.8 Å². The summed E-state index contributed by atoms with van der Waals surface area (Å²) in [6, 6.07) is 0. The highest BCUT2D eigenvalue weighted by Gasteiger charge is 2.23. The van der Waals surface area contributed by atoms with E-state index in [9.17, 15) is 28.8 Å². The van der Waals surface area contributed by atoms with Gasteiger partial charge < -0.3 is 24.9 Å². The van der Waals surface area contributed by atoms with Crippen LogP contribution in [0.15, 0.2) is 60.8 Å². The van der Waals surface area contributed by atoms with Crippen molar-refractivity contribution in [3.05, 3.63) is 60.8 Å². The van der Waals surface area contributed by atoms with Gasteiger partial charge in [0.25, 0.3) is 0 Å². The van der Waals surface area contributed by atoms with Gasteiger partial charge in [-0.2, -0.15) is 0 Å². The molecule has 11 heteroatoms. The zero-order valence-corrected chi connectivity index (χ0v) is 28.3. The van der Waals surface area contributed by atoms with Gasteiger partial charge in [-0.1, -0.05) is 39.8 Å². The van der Waals surface area contributed by atoms with Gasteiger partial charge in [-0.05, 0) is 46.6 Å². The quantitative estimate of drug-likeness (QED) is 0.184. The second-order valence-electron chi connectivity index (χ2n) is 11.3. The molecule has 0 radical (unpaired) electrons. The highest BCUT2D eigenvalue weighted by atomic mass is 16.2. The van der Waals surface area contributed by atoms with Crippen molar-refractivity contribution in [2.24, 2.45) is 0 Å². The minimum atomic E-state index is -0.313. The number of Topliss-reactive ketones (excluding diaryl/α,β-unsaturated/α-hetero) is 1. The summed E-state index contributed by atoms with van der Waals surface area (Å²) in [6.07, 6.45) is 0.915. The van der Waals surface area contributed by atoms with Crippen LogP contribution < -0.4 is 5.32 Å². The topological polar surface area (TPSA) is 127 Å². The van der Waals surface area contributed by atoms with Crippen molar-refractivity contribution in [1.82, 2.24) is 24.9 Å². The van der Waals surface area contributed by atoms with Crippen LogP contribution in [0.3, 0.4) is 0 Å². The third kappa shape index (κ3) is 15.3. The lowest BCUT2D eigenvalue weighted by atomic mass is 10.1. The highest BCUT2D eigenvalue weighted by molar-refractivity contribution is 5.95. The molecule has 0 aliphatic rings. The molecule has 0 aromatic rings. The Morgan fingerprint density at radius 2 is 0.889 bits per heavy atom. The van der Waals surface area contributed by atoms with Crippen LogP contribution in [-0.4, -0.2) is 114 Å². The number of rotatable bonds is 22. The van der Waals surface area contributed by atoms with E-state index in [-0.39, 0.29) is 101 Å². The van der Waals surface area contributed by atoms with Crippen molar-refractivity contribution in [2.75, 3.05) is 58.9 Å². The molecule has 11 nitrogen and oxygen atoms in total. The molecule has 0 fully saturated rings. The molecule has 5 amide bonds. The van der Waals surface area contributed by atoms with E-state index >= 15 is 0 Å². The number of allylic oxidation sites excluding steroid dienone is 1. The first kappa shape index (κ1) is 40.7. The van der Waals surface area contributed by atoms with E-state index in [1.165, 1.54) is 4.90 Å². The Kier molecular flexibility index (Phi) is 18.7. The predicted molar refractivity (Wildman–Crippen MR) is 178 cm³/mol. The first-order valence-electron chi connectivity index (χ1n) is 15.2. The SMILES string of the molecule is C=C(C)C(=O)CCCN(CCN(CCN(CCN(CCNC(=O)C(=C)C)C(=O)C(=C)C)C(=O)CC)C(=O)C(=C)C)C(=O)C(=C)C. The van der Waals surface area contributed by atoms with Crippen molar-refractivity contribution >= 4 is 35.3 Å². The van der Waals surface area contributed by atoms with Crippen LogP contribution >= 0.6 is 0 Å². The lowest BCUT2D eigenvalue weighted by Gasteiger charge is -2.32. The van der Waals surface area contributed by atoms with Crippen molar-refractivity contribution in [3.8, 4) is 0 Å².